The molecule has 0 bridgehead atoms. The molecule has 0 saturated heterocycles. The van der Waals surface area contributed by atoms with Crippen molar-refractivity contribution < 1.29 is 13.2 Å². The molecule has 1 aromatic heterocycles. The van der Waals surface area contributed by atoms with Crippen molar-refractivity contribution in [2.75, 3.05) is 0 Å². The number of rotatable bonds is 1. The quantitative estimate of drug-likeness (QED) is 0.569. The smallest absolute Gasteiger partial charge is 0.161 e. The van der Waals surface area contributed by atoms with Gasteiger partial charge in [-0.2, -0.15) is 0 Å². The predicted octanol–water partition coefficient (Wildman–Crippen LogP) is 3.21. The van der Waals surface area contributed by atoms with Crippen molar-refractivity contribution in [3.63, 3.8) is 0 Å². The molecule has 0 aliphatic carbocycles. The molecule has 0 unspecified atom stereocenters. The fraction of sp³-hybridized carbons (Fsp3) is 0. The van der Waals surface area contributed by atoms with Crippen LogP contribution in [-0.4, -0.2) is 9.97 Å². The number of halogens is 4. The van der Waals surface area contributed by atoms with Gasteiger partial charge >= 0.3 is 0 Å². The lowest BCUT2D eigenvalue weighted by Crippen LogP contribution is -1.93. The van der Waals surface area contributed by atoms with Crippen LogP contribution < -0.4 is 0 Å². The Morgan fingerprint density at radius 3 is 2.31 bits per heavy atom. The zero-order valence-corrected chi connectivity index (χ0v) is 8.47. The molecule has 2 nitrogen and oxygen atoms in total. The molecular weight excluding hydrogens is 241 g/mol. The Balaban J connectivity index is 2.65. The third-order valence-corrected chi connectivity index (χ3v) is 2.26. The Labute approximate surface area is 93.7 Å². The van der Waals surface area contributed by atoms with Crippen molar-refractivity contribution in [3.05, 3.63) is 47.3 Å². The first kappa shape index (κ1) is 10.9. The minimum absolute atomic E-state index is 0.0279. The zero-order valence-electron chi connectivity index (χ0n) is 7.72. The van der Waals surface area contributed by atoms with Crippen LogP contribution in [0.4, 0.5) is 13.2 Å². The summed E-state index contributed by atoms with van der Waals surface area (Å²) in [6.45, 7) is 0. The maximum absolute atomic E-state index is 13.4. The molecule has 0 aliphatic rings. The summed E-state index contributed by atoms with van der Waals surface area (Å²) in [6.07, 6.45) is 2.40. The number of hydrogen-bond donors (Lipinski definition) is 0. The van der Waals surface area contributed by atoms with E-state index in [9.17, 15) is 13.2 Å². The van der Waals surface area contributed by atoms with Crippen molar-refractivity contribution in [3.8, 4) is 11.1 Å². The summed E-state index contributed by atoms with van der Waals surface area (Å²) in [4.78, 5) is 7.26. The summed E-state index contributed by atoms with van der Waals surface area (Å²) in [7, 11) is 0. The number of nitrogens with zero attached hydrogens (tertiary/aromatic N) is 2. The van der Waals surface area contributed by atoms with Gasteiger partial charge in [0, 0.05) is 23.4 Å². The number of hydrogen-bond acceptors (Lipinski definition) is 2. The molecule has 2 aromatic rings. The van der Waals surface area contributed by atoms with Gasteiger partial charge in [0.05, 0.1) is 0 Å². The molecule has 2 rings (SSSR count). The van der Waals surface area contributed by atoms with Crippen LogP contribution in [-0.2, 0) is 0 Å². The lowest BCUT2D eigenvalue weighted by Gasteiger charge is -2.04. The van der Waals surface area contributed by atoms with Gasteiger partial charge in [-0.15, -0.1) is 0 Å². The van der Waals surface area contributed by atoms with Gasteiger partial charge in [-0.3, -0.25) is 0 Å². The van der Waals surface area contributed by atoms with Crippen LogP contribution in [0.5, 0.6) is 0 Å². The average Bonchev–Trinajstić information content (AvgIpc) is 2.25. The van der Waals surface area contributed by atoms with Crippen LogP contribution in [0.3, 0.4) is 0 Å². The largest absolute Gasteiger partial charge is 0.244 e. The molecule has 0 saturated carbocycles. The number of aromatic nitrogens is 2. The zero-order chi connectivity index (χ0) is 11.7. The predicted molar refractivity (Wildman–Crippen MR) is 52.4 cm³/mol. The molecule has 82 valence electrons. The van der Waals surface area contributed by atoms with E-state index in [1.807, 2.05) is 0 Å². The summed E-state index contributed by atoms with van der Waals surface area (Å²) in [5, 5.41) is -0.0279. The minimum atomic E-state index is -1.26. The van der Waals surface area contributed by atoms with Gasteiger partial charge in [0.1, 0.15) is 17.3 Å². The van der Waals surface area contributed by atoms with Crippen LogP contribution in [0, 0.1) is 17.5 Å². The van der Waals surface area contributed by atoms with Gasteiger partial charge in [-0.1, -0.05) is 11.6 Å². The van der Waals surface area contributed by atoms with E-state index in [4.69, 9.17) is 11.6 Å². The summed E-state index contributed by atoms with van der Waals surface area (Å²) in [5.41, 5.74) is -0.0648. The highest BCUT2D eigenvalue weighted by atomic mass is 35.5. The van der Waals surface area contributed by atoms with Crippen molar-refractivity contribution in [1.82, 2.24) is 9.97 Å². The highest BCUT2D eigenvalue weighted by molar-refractivity contribution is 6.32. The summed E-state index contributed by atoms with van der Waals surface area (Å²) in [5.74, 6) is -3.33. The topological polar surface area (TPSA) is 25.8 Å². The summed E-state index contributed by atoms with van der Waals surface area (Å²) >= 11 is 5.69. The SMILES string of the molecule is Fc1cc(F)c(-c2cncnc2Cl)cc1F. The fourth-order valence-corrected chi connectivity index (χ4v) is 1.42. The van der Waals surface area contributed by atoms with Crippen molar-refractivity contribution in [2.24, 2.45) is 0 Å². The van der Waals surface area contributed by atoms with Crippen LogP contribution in [0.2, 0.25) is 5.15 Å². The monoisotopic (exact) mass is 244 g/mol. The average molecular weight is 245 g/mol. The van der Waals surface area contributed by atoms with Crippen molar-refractivity contribution in [2.45, 2.75) is 0 Å². The minimum Gasteiger partial charge on any atom is -0.244 e. The molecule has 1 aromatic carbocycles. The van der Waals surface area contributed by atoms with E-state index in [0.717, 1.165) is 6.07 Å². The second-order valence-corrected chi connectivity index (χ2v) is 3.33. The Hall–Kier alpha value is -1.62. The molecule has 6 heteroatoms. The van der Waals surface area contributed by atoms with Crippen LogP contribution in [0.15, 0.2) is 24.7 Å². The maximum atomic E-state index is 13.4. The molecule has 16 heavy (non-hydrogen) atoms. The first-order valence-corrected chi connectivity index (χ1v) is 4.58. The van der Waals surface area contributed by atoms with E-state index >= 15 is 0 Å². The molecular formula is C10H4ClF3N2. The first-order valence-electron chi connectivity index (χ1n) is 4.20. The second kappa shape index (κ2) is 4.09. The lowest BCUT2D eigenvalue weighted by atomic mass is 10.1. The Kier molecular flexibility index (Phi) is 2.78. The van der Waals surface area contributed by atoms with E-state index in [2.05, 4.69) is 9.97 Å². The highest BCUT2D eigenvalue weighted by Gasteiger charge is 2.14. The van der Waals surface area contributed by atoms with Gasteiger partial charge in [0.15, 0.2) is 11.6 Å². The van der Waals surface area contributed by atoms with Crippen molar-refractivity contribution >= 4 is 11.6 Å². The van der Waals surface area contributed by atoms with Gasteiger partial charge < -0.3 is 0 Å². The van der Waals surface area contributed by atoms with E-state index in [1.165, 1.54) is 12.5 Å². The molecule has 0 atom stereocenters. The molecule has 0 amide bonds. The van der Waals surface area contributed by atoms with E-state index < -0.39 is 17.5 Å². The third-order valence-electron chi connectivity index (χ3n) is 1.96. The third kappa shape index (κ3) is 1.86. The van der Waals surface area contributed by atoms with Gasteiger partial charge in [-0.25, -0.2) is 23.1 Å². The summed E-state index contributed by atoms with van der Waals surface area (Å²) in [6, 6.07) is 1.17. The first-order chi connectivity index (χ1) is 7.59. The fourth-order valence-electron chi connectivity index (χ4n) is 1.22. The Morgan fingerprint density at radius 1 is 0.938 bits per heavy atom. The van der Waals surface area contributed by atoms with E-state index in [1.54, 1.807) is 0 Å². The second-order valence-electron chi connectivity index (χ2n) is 2.97. The van der Waals surface area contributed by atoms with Gasteiger partial charge in [-0.05, 0) is 6.07 Å². The normalized spacial score (nSPS) is 10.5. The van der Waals surface area contributed by atoms with E-state index in [-0.39, 0.29) is 16.3 Å². The van der Waals surface area contributed by atoms with Crippen LogP contribution >= 0.6 is 11.6 Å². The number of benzene rings is 1. The van der Waals surface area contributed by atoms with Gasteiger partial charge in [0.25, 0.3) is 0 Å². The molecule has 0 aliphatic heterocycles. The molecule has 0 radical (unpaired) electrons. The Bertz CT molecular complexity index is 546. The Morgan fingerprint density at radius 2 is 1.62 bits per heavy atom. The highest BCUT2D eigenvalue weighted by Crippen LogP contribution is 2.28. The maximum Gasteiger partial charge on any atom is 0.161 e. The lowest BCUT2D eigenvalue weighted by molar-refractivity contribution is 0.496. The molecule has 0 fully saturated rings. The van der Waals surface area contributed by atoms with Crippen LogP contribution in [0.25, 0.3) is 11.1 Å². The molecule has 0 N–H and O–H groups in total. The molecule has 0 spiro atoms. The summed E-state index contributed by atoms with van der Waals surface area (Å²) < 4.78 is 39.0. The standard InChI is InChI=1S/C10H4ClF3N2/c11-10-6(3-15-4-16-10)5-1-8(13)9(14)2-7(5)12/h1-4H. The van der Waals surface area contributed by atoms with Gasteiger partial charge in [0.2, 0.25) is 0 Å². The van der Waals surface area contributed by atoms with Crippen molar-refractivity contribution in [1.29, 1.82) is 0 Å². The molecule has 1 heterocycles. The van der Waals surface area contributed by atoms with Crippen LogP contribution in [0.1, 0.15) is 0 Å². The van der Waals surface area contributed by atoms with E-state index in [0.29, 0.717) is 6.07 Å².